The molecule has 2 saturated heterocycles. The lowest BCUT2D eigenvalue weighted by molar-refractivity contribution is -0.143. The fraction of sp³-hybridized carbons (Fsp3) is 0.375. The van der Waals surface area contributed by atoms with E-state index in [1.54, 1.807) is 12.1 Å². The average Bonchev–Trinajstić information content (AvgIpc) is 2.78. The van der Waals surface area contributed by atoms with Gasteiger partial charge in [-0.05, 0) is 56.5 Å². The molecule has 0 spiro atoms. The molecule has 0 aromatic heterocycles. The number of carbonyl (C=O) groups is 3. The average molecular weight is 455 g/mol. The highest BCUT2D eigenvalue weighted by Gasteiger charge is 2.47. The number of halogens is 1. The molecule has 0 radical (unpaired) electrons. The Labute approximate surface area is 192 Å². The van der Waals surface area contributed by atoms with E-state index in [-0.39, 0.29) is 30.8 Å². The summed E-state index contributed by atoms with van der Waals surface area (Å²) in [5.41, 5.74) is 3.46. The van der Waals surface area contributed by atoms with E-state index in [2.05, 4.69) is 10.6 Å². The molecular weight excluding hydrogens is 428 g/mol. The number of piperidine rings is 1. The molecule has 7 nitrogen and oxygen atoms in total. The van der Waals surface area contributed by atoms with Crippen molar-refractivity contribution in [2.45, 2.75) is 39.4 Å². The number of urea groups is 1. The van der Waals surface area contributed by atoms with Gasteiger partial charge < -0.3 is 5.32 Å². The normalized spacial score (nSPS) is 20.8. The van der Waals surface area contributed by atoms with Crippen molar-refractivity contribution in [3.63, 3.8) is 0 Å². The summed E-state index contributed by atoms with van der Waals surface area (Å²) in [6.07, 6.45) is 1.05. The van der Waals surface area contributed by atoms with E-state index in [1.165, 1.54) is 9.80 Å². The van der Waals surface area contributed by atoms with Crippen LogP contribution in [-0.2, 0) is 16.1 Å². The van der Waals surface area contributed by atoms with Gasteiger partial charge in [0.05, 0.1) is 18.6 Å². The van der Waals surface area contributed by atoms with Crippen LogP contribution in [0.15, 0.2) is 42.5 Å². The summed E-state index contributed by atoms with van der Waals surface area (Å²) in [7, 11) is 0. The highest BCUT2D eigenvalue weighted by molar-refractivity contribution is 6.31. The third-order valence-corrected chi connectivity index (χ3v) is 6.31. The lowest BCUT2D eigenvalue weighted by Crippen LogP contribution is -2.68. The molecule has 32 heavy (non-hydrogen) atoms. The summed E-state index contributed by atoms with van der Waals surface area (Å²) in [4.78, 5) is 42.2. The number of anilines is 1. The van der Waals surface area contributed by atoms with Crippen molar-refractivity contribution in [2.75, 3.05) is 18.4 Å². The molecule has 2 aromatic rings. The molecular formula is C24H27ClN4O3. The highest BCUT2D eigenvalue weighted by Crippen LogP contribution is 2.29. The Morgan fingerprint density at radius 3 is 2.66 bits per heavy atom. The second kappa shape index (κ2) is 9.30. The molecule has 2 N–H and O–H groups in total. The van der Waals surface area contributed by atoms with Gasteiger partial charge in [-0.3, -0.25) is 24.7 Å². The van der Waals surface area contributed by atoms with Crippen LogP contribution in [0.3, 0.4) is 0 Å². The number of aryl methyl sites for hydroxylation is 2. The largest absolute Gasteiger partial charge is 0.328 e. The number of rotatable bonds is 5. The Morgan fingerprint density at radius 1 is 1.16 bits per heavy atom. The van der Waals surface area contributed by atoms with Gasteiger partial charge in [-0.25, -0.2) is 4.79 Å². The van der Waals surface area contributed by atoms with Gasteiger partial charge in [0.15, 0.2) is 0 Å². The van der Waals surface area contributed by atoms with Gasteiger partial charge >= 0.3 is 6.03 Å². The molecule has 4 amide bonds. The molecule has 0 aliphatic carbocycles. The van der Waals surface area contributed by atoms with Crippen LogP contribution in [0.1, 0.15) is 29.5 Å². The van der Waals surface area contributed by atoms with Crippen LogP contribution < -0.4 is 10.6 Å². The van der Waals surface area contributed by atoms with Gasteiger partial charge in [0.25, 0.3) is 0 Å². The van der Waals surface area contributed by atoms with Crippen molar-refractivity contribution in [3.05, 3.63) is 64.2 Å². The zero-order valence-electron chi connectivity index (χ0n) is 18.2. The molecule has 2 aliphatic rings. The number of hydrogen-bond donors (Lipinski definition) is 2. The third-order valence-electron chi connectivity index (χ3n) is 6.07. The first kappa shape index (κ1) is 22.3. The summed E-state index contributed by atoms with van der Waals surface area (Å²) in [6, 6.07) is 12.6. The van der Waals surface area contributed by atoms with Crippen molar-refractivity contribution in [3.8, 4) is 0 Å². The van der Waals surface area contributed by atoms with E-state index in [4.69, 9.17) is 11.6 Å². The molecule has 2 heterocycles. The van der Waals surface area contributed by atoms with Crippen LogP contribution in [0.5, 0.6) is 0 Å². The van der Waals surface area contributed by atoms with Crippen LogP contribution in [0, 0.1) is 19.8 Å². The molecule has 8 heteroatoms. The number of benzene rings is 2. The van der Waals surface area contributed by atoms with E-state index in [0.717, 1.165) is 23.1 Å². The Balaban J connectivity index is 1.55. The minimum Gasteiger partial charge on any atom is -0.324 e. The maximum Gasteiger partial charge on any atom is 0.328 e. The summed E-state index contributed by atoms with van der Waals surface area (Å²) in [6.45, 7) is 4.59. The fourth-order valence-electron chi connectivity index (χ4n) is 4.29. The number of amides is 4. The van der Waals surface area contributed by atoms with Crippen LogP contribution in [0.2, 0.25) is 5.02 Å². The fourth-order valence-corrected chi connectivity index (χ4v) is 4.46. The van der Waals surface area contributed by atoms with Crippen molar-refractivity contribution in [1.29, 1.82) is 0 Å². The second-order valence-electron chi connectivity index (χ2n) is 8.48. The topological polar surface area (TPSA) is 81.8 Å². The Kier molecular flexibility index (Phi) is 6.48. The maximum atomic E-state index is 13.4. The number of imide groups is 1. The monoisotopic (exact) mass is 454 g/mol. The van der Waals surface area contributed by atoms with Crippen molar-refractivity contribution in [1.82, 2.24) is 15.1 Å². The molecule has 168 valence electrons. The van der Waals surface area contributed by atoms with Crippen LogP contribution in [-0.4, -0.2) is 46.9 Å². The quantitative estimate of drug-likeness (QED) is 0.722. The molecule has 2 atom stereocenters. The number of fused-ring (bicyclic) bond motifs is 1. The molecule has 4 rings (SSSR count). The van der Waals surface area contributed by atoms with Gasteiger partial charge in [-0.1, -0.05) is 47.5 Å². The Morgan fingerprint density at radius 2 is 1.91 bits per heavy atom. The first-order chi connectivity index (χ1) is 15.3. The summed E-state index contributed by atoms with van der Waals surface area (Å²) in [5.74, 6) is -0.887. The molecule has 2 aliphatic heterocycles. The zero-order chi connectivity index (χ0) is 22.8. The van der Waals surface area contributed by atoms with Crippen LogP contribution in [0.4, 0.5) is 10.5 Å². The number of hydrogen-bond acceptors (Lipinski definition) is 4. The maximum absolute atomic E-state index is 13.4. The number of nitrogens with one attached hydrogen (secondary N) is 2. The lowest BCUT2D eigenvalue weighted by Gasteiger charge is -2.46. The lowest BCUT2D eigenvalue weighted by atomic mass is 9.91. The van der Waals surface area contributed by atoms with E-state index < -0.39 is 12.2 Å². The van der Waals surface area contributed by atoms with Crippen molar-refractivity contribution >= 4 is 35.1 Å². The predicted octanol–water partition coefficient (Wildman–Crippen LogP) is 3.69. The van der Waals surface area contributed by atoms with E-state index in [9.17, 15) is 14.4 Å². The van der Waals surface area contributed by atoms with Crippen LogP contribution in [0.25, 0.3) is 0 Å². The standard InChI is InChI=1S/C24H27ClN4O3/c1-15-5-8-17(9-6-15)13-29-23(31)19-4-3-11-26-22(19)28(24(29)32)14-21(30)27-20-12-18(25)10-7-16(20)2/h5-10,12,19,22,26H,3-4,11,13-14H2,1-2H3,(H,27,30). The molecule has 0 saturated carbocycles. The SMILES string of the molecule is Cc1ccc(CN2C(=O)C3CCCNC3N(CC(=O)Nc3cc(Cl)ccc3C)C2=O)cc1. The summed E-state index contributed by atoms with van der Waals surface area (Å²) in [5, 5.41) is 6.64. The minimum absolute atomic E-state index is 0.156. The number of nitrogens with zero attached hydrogens (tertiary/aromatic N) is 2. The molecule has 2 aromatic carbocycles. The third kappa shape index (κ3) is 4.64. The Hall–Kier alpha value is -2.90. The zero-order valence-corrected chi connectivity index (χ0v) is 19.0. The summed E-state index contributed by atoms with van der Waals surface area (Å²) >= 11 is 6.06. The van der Waals surface area contributed by atoms with Gasteiger partial charge in [-0.15, -0.1) is 0 Å². The van der Waals surface area contributed by atoms with Crippen LogP contribution >= 0.6 is 11.6 Å². The van der Waals surface area contributed by atoms with Gasteiger partial charge in [0, 0.05) is 10.7 Å². The van der Waals surface area contributed by atoms with Gasteiger partial charge in [0.2, 0.25) is 11.8 Å². The summed E-state index contributed by atoms with van der Waals surface area (Å²) < 4.78 is 0. The molecule has 0 bridgehead atoms. The first-order valence-corrected chi connectivity index (χ1v) is 11.2. The van der Waals surface area contributed by atoms with E-state index in [0.29, 0.717) is 23.7 Å². The minimum atomic E-state index is -0.482. The van der Waals surface area contributed by atoms with Crippen molar-refractivity contribution < 1.29 is 14.4 Å². The highest BCUT2D eigenvalue weighted by atomic mass is 35.5. The molecule has 2 unspecified atom stereocenters. The first-order valence-electron chi connectivity index (χ1n) is 10.8. The smallest absolute Gasteiger partial charge is 0.324 e. The van der Waals surface area contributed by atoms with E-state index in [1.807, 2.05) is 44.2 Å². The Bertz CT molecular complexity index is 1040. The van der Waals surface area contributed by atoms with E-state index >= 15 is 0 Å². The van der Waals surface area contributed by atoms with Gasteiger partial charge in [0.1, 0.15) is 6.54 Å². The van der Waals surface area contributed by atoms with Gasteiger partial charge in [-0.2, -0.15) is 0 Å². The predicted molar refractivity (Wildman–Crippen MR) is 123 cm³/mol. The second-order valence-corrected chi connectivity index (χ2v) is 8.91. The number of carbonyl (C=O) groups excluding carboxylic acids is 3. The van der Waals surface area contributed by atoms with Crippen molar-refractivity contribution in [2.24, 2.45) is 5.92 Å². The molecule has 2 fully saturated rings.